The molecule has 0 aromatic heterocycles. The number of hydrogen-bond donors (Lipinski definition) is 1. The Morgan fingerprint density at radius 2 is 2.21 bits per heavy atom. The number of hydrogen-bond acceptors (Lipinski definition) is 2. The average molecular weight is 273 g/mol. The summed E-state index contributed by atoms with van der Waals surface area (Å²) < 4.78 is 41.9. The number of benzene rings is 1. The molecule has 2 rings (SSSR count). The van der Waals surface area contributed by atoms with Crippen molar-refractivity contribution in [3.8, 4) is 5.75 Å². The highest BCUT2D eigenvalue weighted by Gasteiger charge is 2.40. The van der Waals surface area contributed by atoms with E-state index in [1.807, 2.05) is 30.4 Å². The van der Waals surface area contributed by atoms with Gasteiger partial charge in [0.2, 0.25) is 0 Å². The number of rotatable bonds is 2. The van der Waals surface area contributed by atoms with E-state index in [9.17, 15) is 18.0 Å². The Morgan fingerprint density at radius 1 is 1.47 bits per heavy atom. The molecule has 0 unspecified atom stereocenters. The van der Waals surface area contributed by atoms with Crippen LogP contribution in [0.25, 0.3) is 0 Å². The Bertz CT molecular complexity index is 485. The van der Waals surface area contributed by atoms with Gasteiger partial charge >= 0.3 is 12.1 Å². The van der Waals surface area contributed by atoms with E-state index in [-0.39, 0.29) is 6.61 Å². The first-order chi connectivity index (χ1) is 8.90. The molecule has 1 heterocycles. The van der Waals surface area contributed by atoms with Gasteiger partial charge in [-0.1, -0.05) is 19.1 Å². The van der Waals surface area contributed by atoms with E-state index in [1.54, 1.807) is 0 Å². The number of nitrogens with one attached hydrogen (secondary N) is 1. The van der Waals surface area contributed by atoms with Crippen LogP contribution < -0.4 is 10.1 Å². The molecular formula is C13H14F3NO2. The monoisotopic (exact) mass is 273 g/mol. The van der Waals surface area contributed by atoms with Gasteiger partial charge in [-0.15, -0.1) is 0 Å². The zero-order chi connectivity index (χ0) is 14.0. The van der Waals surface area contributed by atoms with Crippen molar-refractivity contribution >= 4 is 5.91 Å². The van der Waals surface area contributed by atoms with E-state index in [1.165, 1.54) is 0 Å². The summed E-state index contributed by atoms with van der Waals surface area (Å²) >= 11 is 0. The smallest absolute Gasteiger partial charge is 0.471 e. The maximum Gasteiger partial charge on any atom is 0.471 e. The number of ether oxygens (including phenoxy) is 1. The molecule has 104 valence electrons. The second-order valence-electron chi connectivity index (χ2n) is 4.48. The van der Waals surface area contributed by atoms with E-state index in [4.69, 9.17) is 4.74 Å². The molecule has 1 aromatic rings. The lowest BCUT2D eigenvalue weighted by atomic mass is 9.99. The van der Waals surface area contributed by atoms with Gasteiger partial charge in [-0.3, -0.25) is 4.79 Å². The van der Waals surface area contributed by atoms with Gasteiger partial charge in [-0.05, 0) is 30.0 Å². The third-order valence-corrected chi connectivity index (χ3v) is 3.03. The number of amides is 1. The first-order valence-corrected chi connectivity index (χ1v) is 6.02. The molecule has 1 amide bonds. The molecule has 1 aliphatic heterocycles. The minimum atomic E-state index is -4.86. The molecule has 1 N–H and O–H groups in total. The van der Waals surface area contributed by atoms with Gasteiger partial charge < -0.3 is 10.1 Å². The van der Waals surface area contributed by atoms with Crippen LogP contribution in [0.3, 0.4) is 0 Å². The van der Waals surface area contributed by atoms with Gasteiger partial charge in [0, 0.05) is 0 Å². The summed E-state index contributed by atoms with van der Waals surface area (Å²) in [6, 6.07) is 5.00. The van der Waals surface area contributed by atoms with Gasteiger partial charge in [-0.25, -0.2) is 0 Å². The Kier molecular flexibility index (Phi) is 3.68. The molecule has 1 aromatic carbocycles. The molecule has 6 heteroatoms. The molecule has 0 fully saturated rings. The van der Waals surface area contributed by atoms with Crippen LogP contribution in [-0.4, -0.2) is 24.7 Å². The van der Waals surface area contributed by atoms with Crippen LogP contribution in [0, 0.1) is 0 Å². The fourth-order valence-electron chi connectivity index (χ4n) is 2.03. The topological polar surface area (TPSA) is 38.3 Å². The predicted molar refractivity (Wildman–Crippen MR) is 63.0 cm³/mol. The summed E-state index contributed by atoms with van der Waals surface area (Å²) in [7, 11) is 0. The van der Waals surface area contributed by atoms with E-state index >= 15 is 0 Å². The van der Waals surface area contributed by atoms with E-state index in [2.05, 4.69) is 0 Å². The molecular weight excluding hydrogens is 259 g/mol. The molecule has 0 bridgehead atoms. The lowest BCUT2D eigenvalue weighted by Gasteiger charge is -2.26. The van der Waals surface area contributed by atoms with Crippen molar-refractivity contribution in [3.63, 3.8) is 0 Å². The molecule has 0 spiro atoms. The van der Waals surface area contributed by atoms with Crippen LogP contribution in [0.1, 0.15) is 18.1 Å². The maximum absolute atomic E-state index is 12.2. The van der Waals surface area contributed by atoms with Crippen LogP contribution >= 0.6 is 0 Å². The number of aryl methyl sites for hydroxylation is 1. The molecule has 3 nitrogen and oxygen atoms in total. The van der Waals surface area contributed by atoms with Crippen LogP contribution in [0.4, 0.5) is 13.2 Å². The number of fused-ring (bicyclic) bond motifs is 1. The van der Waals surface area contributed by atoms with Crippen LogP contribution in [0.2, 0.25) is 0 Å². The third-order valence-electron chi connectivity index (χ3n) is 3.03. The zero-order valence-electron chi connectivity index (χ0n) is 10.4. The first-order valence-electron chi connectivity index (χ1n) is 6.02. The average Bonchev–Trinajstić information content (AvgIpc) is 2.36. The van der Waals surface area contributed by atoms with Crippen molar-refractivity contribution in [2.75, 3.05) is 6.61 Å². The number of carbonyl (C=O) groups is 1. The molecule has 1 aliphatic rings. The number of carbonyl (C=O) groups excluding carboxylic acids is 1. The standard InChI is InChI=1S/C13H14F3NO2/c1-2-8-3-4-11-9(5-8)6-10(7-19-11)17-12(18)13(14,15)16/h3-5,10H,2,6-7H2,1H3,(H,17,18)/t10-/m1/s1. The van der Waals surface area contributed by atoms with Crippen molar-refractivity contribution in [3.05, 3.63) is 29.3 Å². The first kappa shape index (κ1) is 13.7. The molecule has 0 saturated heterocycles. The van der Waals surface area contributed by atoms with E-state index in [0.717, 1.165) is 17.5 Å². The van der Waals surface area contributed by atoms with Gasteiger partial charge in [-0.2, -0.15) is 13.2 Å². The maximum atomic E-state index is 12.2. The fourth-order valence-corrected chi connectivity index (χ4v) is 2.03. The quantitative estimate of drug-likeness (QED) is 0.897. The molecule has 19 heavy (non-hydrogen) atoms. The second kappa shape index (κ2) is 5.11. The highest BCUT2D eigenvalue weighted by atomic mass is 19.4. The molecule has 0 aliphatic carbocycles. The van der Waals surface area contributed by atoms with Crippen molar-refractivity contribution < 1.29 is 22.7 Å². The third kappa shape index (κ3) is 3.19. The SMILES string of the molecule is CCc1ccc2c(c1)C[C@@H](NC(=O)C(F)(F)F)CO2. The Balaban J connectivity index is 2.07. The number of alkyl halides is 3. The largest absolute Gasteiger partial charge is 0.491 e. The normalized spacial score (nSPS) is 18.4. The van der Waals surface area contributed by atoms with Crippen molar-refractivity contribution in [1.29, 1.82) is 0 Å². The second-order valence-corrected chi connectivity index (χ2v) is 4.48. The Hall–Kier alpha value is -1.72. The van der Waals surface area contributed by atoms with Crippen LogP contribution in [0.15, 0.2) is 18.2 Å². The van der Waals surface area contributed by atoms with Crippen molar-refractivity contribution in [1.82, 2.24) is 5.32 Å². The lowest BCUT2D eigenvalue weighted by Crippen LogP contribution is -2.48. The highest BCUT2D eigenvalue weighted by molar-refractivity contribution is 5.82. The van der Waals surface area contributed by atoms with Gasteiger partial charge in [0.15, 0.2) is 0 Å². The van der Waals surface area contributed by atoms with Crippen LogP contribution in [-0.2, 0) is 17.6 Å². The Labute approximate surface area is 108 Å². The van der Waals surface area contributed by atoms with Crippen molar-refractivity contribution in [2.24, 2.45) is 0 Å². The summed E-state index contributed by atoms with van der Waals surface area (Å²) in [5.41, 5.74) is 1.92. The predicted octanol–water partition coefficient (Wildman–Crippen LogP) is 2.23. The summed E-state index contributed by atoms with van der Waals surface area (Å²) in [6.45, 7) is 2.05. The number of halogens is 3. The van der Waals surface area contributed by atoms with Crippen LogP contribution in [0.5, 0.6) is 5.75 Å². The molecule has 0 radical (unpaired) electrons. The van der Waals surface area contributed by atoms with E-state index < -0.39 is 18.1 Å². The Morgan fingerprint density at radius 3 is 2.84 bits per heavy atom. The lowest BCUT2D eigenvalue weighted by molar-refractivity contribution is -0.174. The fraction of sp³-hybridized carbons (Fsp3) is 0.462. The van der Waals surface area contributed by atoms with E-state index in [0.29, 0.717) is 12.2 Å². The van der Waals surface area contributed by atoms with Crippen molar-refractivity contribution in [2.45, 2.75) is 32.0 Å². The summed E-state index contributed by atoms with van der Waals surface area (Å²) in [5, 5.41) is 1.95. The summed E-state index contributed by atoms with van der Waals surface area (Å²) in [6.07, 6.45) is -3.66. The highest BCUT2D eigenvalue weighted by Crippen LogP contribution is 2.26. The minimum Gasteiger partial charge on any atom is -0.491 e. The van der Waals surface area contributed by atoms with Gasteiger partial charge in [0.1, 0.15) is 12.4 Å². The van der Waals surface area contributed by atoms with Gasteiger partial charge in [0.25, 0.3) is 0 Å². The minimum absolute atomic E-state index is 0.0558. The molecule has 0 saturated carbocycles. The molecule has 1 atom stereocenters. The summed E-state index contributed by atoms with van der Waals surface area (Å²) in [5.74, 6) is -1.24. The zero-order valence-corrected chi connectivity index (χ0v) is 10.4. The summed E-state index contributed by atoms with van der Waals surface area (Å²) in [4.78, 5) is 10.9. The van der Waals surface area contributed by atoms with Gasteiger partial charge in [0.05, 0.1) is 6.04 Å².